The number of aromatic nitrogens is 2. The predicted octanol–water partition coefficient (Wildman–Crippen LogP) is 1.58. The number of rotatable bonds is 5. The Bertz CT molecular complexity index is 560. The molecule has 108 valence electrons. The molecule has 0 radical (unpaired) electrons. The summed E-state index contributed by atoms with van der Waals surface area (Å²) in [6.45, 7) is 2.47. The molecule has 0 spiro atoms. The zero-order chi connectivity index (χ0) is 14.7. The van der Waals surface area contributed by atoms with Gasteiger partial charge in [-0.15, -0.1) is 0 Å². The van der Waals surface area contributed by atoms with Gasteiger partial charge in [0, 0.05) is 20.3 Å². The Balaban J connectivity index is 2.02. The third-order valence-corrected chi connectivity index (χ3v) is 3.29. The minimum Gasteiger partial charge on any atom is -0.458 e. The molecule has 6 nitrogen and oxygen atoms in total. The minimum absolute atomic E-state index is 0.0767. The van der Waals surface area contributed by atoms with Crippen LogP contribution in [0.15, 0.2) is 28.8 Å². The van der Waals surface area contributed by atoms with Gasteiger partial charge in [0.1, 0.15) is 11.5 Å². The maximum Gasteiger partial charge on any atom is 0.239 e. The first kappa shape index (κ1) is 14.3. The Morgan fingerprint density at radius 2 is 2.10 bits per heavy atom. The number of carbonyl (C=O) groups is 1. The maximum absolute atomic E-state index is 11.9. The van der Waals surface area contributed by atoms with E-state index >= 15 is 0 Å². The SMILES string of the molecule is CC(C(=O)N(C)C)N(C)Cc1ccc(-c2ccn[nH]2)o1. The van der Waals surface area contributed by atoms with Gasteiger partial charge in [-0.3, -0.25) is 14.8 Å². The number of hydrogen-bond donors (Lipinski definition) is 1. The van der Waals surface area contributed by atoms with Crippen molar-refractivity contribution in [1.29, 1.82) is 0 Å². The molecule has 0 aromatic carbocycles. The van der Waals surface area contributed by atoms with E-state index in [1.54, 1.807) is 25.2 Å². The normalized spacial score (nSPS) is 12.7. The second-order valence-corrected chi connectivity index (χ2v) is 5.06. The molecule has 0 saturated carbocycles. The summed E-state index contributed by atoms with van der Waals surface area (Å²) in [6.07, 6.45) is 1.68. The van der Waals surface area contributed by atoms with Gasteiger partial charge in [-0.05, 0) is 32.2 Å². The summed E-state index contributed by atoms with van der Waals surface area (Å²) in [5.41, 5.74) is 0.844. The van der Waals surface area contributed by atoms with E-state index in [1.807, 2.05) is 37.1 Å². The van der Waals surface area contributed by atoms with Gasteiger partial charge in [0.25, 0.3) is 0 Å². The van der Waals surface area contributed by atoms with Crippen molar-refractivity contribution < 1.29 is 9.21 Å². The summed E-state index contributed by atoms with van der Waals surface area (Å²) in [5, 5.41) is 6.75. The van der Waals surface area contributed by atoms with Gasteiger partial charge in [0.15, 0.2) is 5.76 Å². The number of amides is 1. The lowest BCUT2D eigenvalue weighted by Gasteiger charge is -2.25. The van der Waals surface area contributed by atoms with Gasteiger partial charge in [-0.2, -0.15) is 5.10 Å². The van der Waals surface area contributed by atoms with Crippen molar-refractivity contribution in [2.45, 2.75) is 19.5 Å². The van der Waals surface area contributed by atoms with Crippen LogP contribution in [0.2, 0.25) is 0 Å². The minimum atomic E-state index is -0.189. The van der Waals surface area contributed by atoms with Crippen LogP contribution in [-0.2, 0) is 11.3 Å². The molecule has 1 N–H and O–H groups in total. The molecule has 1 amide bonds. The fourth-order valence-electron chi connectivity index (χ4n) is 1.95. The molecule has 2 aromatic heterocycles. The predicted molar refractivity (Wildman–Crippen MR) is 75.9 cm³/mol. The molecule has 2 aromatic rings. The van der Waals surface area contributed by atoms with E-state index in [0.29, 0.717) is 6.54 Å². The molecule has 1 atom stereocenters. The number of nitrogens with zero attached hydrogens (tertiary/aromatic N) is 3. The van der Waals surface area contributed by atoms with Crippen molar-refractivity contribution in [3.05, 3.63) is 30.2 Å². The number of hydrogen-bond acceptors (Lipinski definition) is 4. The molecule has 20 heavy (non-hydrogen) atoms. The molecular weight excluding hydrogens is 256 g/mol. The molecule has 0 aliphatic heterocycles. The molecular formula is C14H20N4O2. The van der Waals surface area contributed by atoms with Crippen LogP contribution >= 0.6 is 0 Å². The zero-order valence-electron chi connectivity index (χ0n) is 12.3. The molecule has 0 aliphatic carbocycles. The number of H-pyrrole nitrogens is 1. The topological polar surface area (TPSA) is 65.4 Å². The largest absolute Gasteiger partial charge is 0.458 e. The Kier molecular flexibility index (Phi) is 4.24. The lowest BCUT2D eigenvalue weighted by atomic mass is 10.2. The number of carbonyl (C=O) groups excluding carboxylic acids is 1. The third kappa shape index (κ3) is 3.08. The molecule has 2 rings (SSSR count). The van der Waals surface area contributed by atoms with Crippen LogP contribution in [0.4, 0.5) is 0 Å². The van der Waals surface area contributed by atoms with Crippen molar-refractivity contribution in [1.82, 2.24) is 20.0 Å². The number of aromatic amines is 1. The molecule has 1 unspecified atom stereocenters. The van der Waals surface area contributed by atoms with E-state index < -0.39 is 0 Å². The molecule has 0 saturated heterocycles. The van der Waals surface area contributed by atoms with Crippen LogP contribution in [0, 0.1) is 0 Å². The summed E-state index contributed by atoms with van der Waals surface area (Å²) in [5.74, 6) is 1.64. The highest BCUT2D eigenvalue weighted by atomic mass is 16.3. The highest BCUT2D eigenvalue weighted by molar-refractivity contribution is 5.80. The van der Waals surface area contributed by atoms with Crippen molar-refractivity contribution in [3.63, 3.8) is 0 Å². The maximum atomic E-state index is 11.9. The quantitative estimate of drug-likeness (QED) is 0.900. The molecule has 0 fully saturated rings. The standard InChI is InChI=1S/C14H20N4O2/c1-10(14(19)17(2)3)18(4)9-11-5-6-13(20-11)12-7-8-15-16-12/h5-8,10H,9H2,1-4H3,(H,15,16). The second-order valence-electron chi connectivity index (χ2n) is 5.06. The Morgan fingerprint density at radius 1 is 1.35 bits per heavy atom. The third-order valence-electron chi connectivity index (χ3n) is 3.29. The Morgan fingerprint density at radius 3 is 2.70 bits per heavy atom. The van der Waals surface area contributed by atoms with Crippen molar-refractivity contribution >= 4 is 5.91 Å². The molecule has 0 aliphatic rings. The summed E-state index contributed by atoms with van der Waals surface area (Å²) < 4.78 is 5.75. The fraction of sp³-hybridized carbons (Fsp3) is 0.429. The van der Waals surface area contributed by atoms with E-state index in [-0.39, 0.29) is 11.9 Å². The first-order valence-corrected chi connectivity index (χ1v) is 6.49. The van der Waals surface area contributed by atoms with Gasteiger partial charge < -0.3 is 9.32 Å². The average molecular weight is 276 g/mol. The van der Waals surface area contributed by atoms with Crippen LogP contribution in [0.5, 0.6) is 0 Å². The van der Waals surface area contributed by atoms with Crippen LogP contribution < -0.4 is 0 Å². The number of likely N-dealkylation sites (N-methyl/N-ethyl adjacent to an activating group) is 2. The van der Waals surface area contributed by atoms with E-state index in [4.69, 9.17) is 4.42 Å². The van der Waals surface area contributed by atoms with Crippen molar-refractivity contribution in [3.8, 4) is 11.5 Å². The molecule has 2 heterocycles. The van der Waals surface area contributed by atoms with Crippen LogP contribution in [0.1, 0.15) is 12.7 Å². The van der Waals surface area contributed by atoms with E-state index in [2.05, 4.69) is 10.2 Å². The average Bonchev–Trinajstić information content (AvgIpc) is 3.06. The smallest absolute Gasteiger partial charge is 0.239 e. The first-order chi connectivity index (χ1) is 9.49. The van der Waals surface area contributed by atoms with Crippen LogP contribution in [0.3, 0.4) is 0 Å². The van der Waals surface area contributed by atoms with Crippen LogP contribution in [0.25, 0.3) is 11.5 Å². The van der Waals surface area contributed by atoms with Gasteiger partial charge in [0.05, 0.1) is 12.6 Å². The van der Waals surface area contributed by atoms with Crippen molar-refractivity contribution in [2.24, 2.45) is 0 Å². The summed E-state index contributed by atoms with van der Waals surface area (Å²) in [7, 11) is 5.43. The summed E-state index contributed by atoms with van der Waals surface area (Å²) >= 11 is 0. The van der Waals surface area contributed by atoms with Crippen LogP contribution in [-0.4, -0.2) is 53.1 Å². The first-order valence-electron chi connectivity index (χ1n) is 6.49. The number of nitrogens with one attached hydrogen (secondary N) is 1. The summed E-state index contributed by atoms with van der Waals surface area (Å²) in [6, 6.07) is 5.48. The van der Waals surface area contributed by atoms with Gasteiger partial charge >= 0.3 is 0 Å². The van der Waals surface area contributed by atoms with Gasteiger partial charge in [-0.25, -0.2) is 0 Å². The van der Waals surface area contributed by atoms with Gasteiger partial charge in [-0.1, -0.05) is 0 Å². The summed E-state index contributed by atoms with van der Waals surface area (Å²) in [4.78, 5) is 15.5. The van der Waals surface area contributed by atoms with E-state index in [0.717, 1.165) is 17.2 Å². The Labute approximate surface area is 118 Å². The monoisotopic (exact) mass is 276 g/mol. The fourth-order valence-corrected chi connectivity index (χ4v) is 1.95. The highest BCUT2D eigenvalue weighted by Gasteiger charge is 2.20. The Hall–Kier alpha value is -2.08. The van der Waals surface area contributed by atoms with E-state index in [1.165, 1.54) is 0 Å². The highest BCUT2D eigenvalue weighted by Crippen LogP contribution is 2.20. The lowest BCUT2D eigenvalue weighted by molar-refractivity contribution is -0.133. The van der Waals surface area contributed by atoms with Crippen molar-refractivity contribution in [2.75, 3.05) is 21.1 Å². The second kappa shape index (κ2) is 5.92. The molecule has 6 heteroatoms. The van der Waals surface area contributed by atoms with E-state index in [9.17, 15) is 4.79 Å². The number of furan rings is 1. The zero-order valence-corrected chi connectivity index (χ0v) is 12.3. The lowest BCUT2D eigenvalue weighted by Crippen LogP contribution is -2.42. The molecule has 0 bridgehead atoms. The van der Waals surface area contributed by atoms with Gasteiger partial charge in [0.2, 0.25) is 5.91 Å².